The van der Waals surface area contributed by atoms with Gasteiger partial charge in [-0.3, -0.25) is 4.79 Å². The first-order chi connectivity index (χ1) is 13.0. The van der Waals surface area contributed by atoms with Crippen molar-refractivity contribution in [3.8, 4) is 0 Å². The molecule has 0 aliphatic rings. The average molecular weight is 390 g/mol. The SMILES string of the molecule is CC(C)C[C@H](CC(=O)[C@H](CC(C)C)NC(=O)OCc1ccccc1)C(C)(C)C. The maximum atomic E-state index is 13.1. The smallest absolute Gasteiger partial charge is 0.408 e. The summed E-state index contributed by atoms with van der Waals surface area (Å²) in [6, 6.07) is 9.05. The molecule has 0 unspecified atom stereocenters. The summed E-state index contributed by atoms with van der Waals surface area (Å²) in [6.07, 6.45) is 1.58. The molecule has 0 aliphatic heterocycles. The van der Waals surface area contributed by atoms with Gasteiger partial charge in [0.05, 0.1) is 6.04 Å². The molecule has 0 radical (unpaired) electrons. The molecule has 4 heteroatoms. The fourth-order valence-corrected chi connectivity index (χ4v) is 3.35. The van der Waals surface area contributed by atoms with Crippen LogP contribution in [-0.4, -0.2) is 17.9 Å². The van der Waals surface area contributed by atoms with Crippen LogP contribution in [-0.2, 0) is 16.1 Å². The van der Waals surface area contributed by atoms with Crippen LogP contribution in [0.1, 0.15) is 73.3 Å². The fraction of sp³-hybridized carbons (Fsp3) is 0.667. The highest BCUT2D eigenvalue weighted by Crippen LogP contribution is 2.34. The maximum Gasteiger partial charge on any atom is 0.408 e. The number of carbonyl (C=O) groups is 2. The van der Waals surface area contributed by atoms with Gasteiger partial charge in [-0.05, 0) is 41.6 Å². The number of ether oxygens (including phenoxy) is 1. The third-order valence-corrected chi connectivity index (χ3v) is 5.03. The van der Waals surface area contributed by atoms with Gasteiger partial charge < -0.3 is 10.1 Å². The Balaban J connectivity index is 2.73. The second kappa shape index (κ2) is 11.2. The summed E-state index contributed by atoms with van der Waals surface area (Å²) in [6.45, 7) is 15.3. The van der Waals surface area contributed by atoms with E-state index < -0.39 is 12.1 Å². The molecule has 0 bridgehead atoms. The number of Topliss-reactive ketones (excluding diaryl/α,β-unsaturated/α-hetero) is 1. The van der Waals surface area contributed by atoms with E-state index in [0.717, 1.165) is 12.0 Å². The first-order valence-corrected chi connectivity index (χ1v) is 10.5. The normalized spacial score (nSPS) is 14.0. The zero-order chi connectivity index (χ0) is 21.3. The van der Waals surface area contributed by atoms with Crippen LogP contribution in [0.2, 0.25) is 0 Å². The quantitative estimate of drug-likeness (QED) is 0.534. The van der Waals surface area contributed by atoms with Gasteiger partial charge in [-0.2, -0.15) is 0 Å². The Kier molecular flexibility index (Phi) is 9.71. The zero-order valence-corrected chi connectivity index (χ0v) is 18.7. The Morgan fingerprint density at radius 2 is 1.54 bits per heavy atom. The Hall–Kier alpha value is -1.84. The molecule has 4 nitrogen and oxygen atoms in total. The first kappa shape index (κ1) is 24.2. The van der Waals surface area contributed by atoms with Gasteiger partial charge in [-0.1, -0.05) is 78.8 Å². The van der Waals surface area contributed by atoms with Gasteiger partial charge in [0, 0.05) is 6.42 Å². The van der Waals surface area contributed by atoms with Crippen LogP contribution < -0.4 is 5.32 Å². The van der Waals surface area contributed by atoms with Gasteiger partial charge >= 0.3 is 6.09 Å². The van der Waals surface area contributed by atoms with Crippen LogP contribution in [0.5, 0.6) is 0 Å². The highest BCUT2D eigenvalue weighted by atomic mass is 16.5. The van der Waals surface area contributed by atoms with Gasteiger partial charge in [-0.15, -0.1) is 0 Å². The number of benzene rings is 1. The lowest BCUT2D eigenvalue weighted by Gasteiger charge is -2.33. The number of alkyl carbamates (subject to hydrolysis) is 1. The highest BCUT2D eigenvalue weighted by Gasteiger charge is 2.31. The molecule has 1 aromatic rings. The van der Waals surface area contributed by atoms with Crippen molar-refractivity contribution >= 4 is 11.9 Å². The van der Waals surface area contributed by atoms with E-state index in [9.17, 15) is 9.59 Å². The predicted octanol–water partition coefficient (Wildman–Crippen LogP) is 6.00. The van der Waals surface area contributed by atoms with Crippen molar-refractivity contribution in [1.29, 1.82) is 0 Å². The summed E-state index contributed by atoms with van der Waals surface area (Å²) in [5.41, 5.74) is 0.977. The van der Waals surface area contributed by atoms with Crippen LogP contribution in [0.3, 0.4) is 0 Å². The molecule has 0 aromatic heterocycles. The maximum absolute atomic E-state index is 13.1. The highest BCUT2D eigenvalue weighted by molar-refractivity contribution is 5.87. The molecular weight excluding hydrogens is 350 g/mol. The van der Waals surface area contributed by atoms with Crippen molar-refractivity contribution in [2.24, 2.45) is 23.2 Å². The average Bonchev–Trinajstić information content (AvgIpc) is 2.58. The second-order valence-electron chi connectivity index (χ2n) is 9.75. The summed E-state index contributed by atoms with van der Waals surface area (Å²) < 4.78 is 5.32. The second-order valence-corrected chi connectivity index (χ2v) is 9.75. The predicted molar refractivity (Wildman–Crippen MR) is 115 cm³/mol. The van der Waals surface area contributed by atoms with Crippen molar-refractivity contribution in [3.63, 3.8) is 0 Å². The number of hydrogen-bond acceptors (Lipinski definition) is 3. The van der Waals surface area contributed by atoms with E-state index in [1.165, 1.54) is 0 Å². The van der Waals surface area contributed by atoms with Crippen LogP contribution in [0.15, 0.2) is 30.3 Å². The van der Waals surface area contributed by atoms with E-state index >= 15 is 0 Å². The van der Waals surface area contributed by atoms with E-state index in [4.69, 9.17) is 4.74 Å². The van der Waals surface area contributed by atoms with Crippen LogP contribution in [0.4, 0.5) is 4.79 Å². The lowest BCUT2D eigenvalue weighted by Crippen LogP contribution is -2.43. The summed E-state index contributed by atoms with van der Waals surface area (Å²) in [7, 11) is 0. The van der Waals surface area contributed by atoms with Gasteiger partial charge in [0.25, 0.3) is 0 Å². The van der Waals surface area contributed by atoms with Crippen LogP contribution in [0, 0.1) is 23.2 Å². The van der Waals surface area contributed by atoms with E-state index in [1.807, 2.05) is 30.3 Å². The van der Waals surface area contributed by atoms with Crippen LogP contribution >= 0.6 is 0 Å². The van der Waals surface area contributed by atoms with Crippen molar-refractivity contribution in [2.75, 3.05) is 0 Å². The molecule has 1 N–H and O–H groups in total. The third-order valence-electron chi connectivity index (χ3n) is 5.03. The standard InChI is InChI=1S/C24H39NO3/c1-17(2)13-20(24(5,6)7)15-22(26)21(14-18(3)4)25-23(27)28-16-19-11-9-8-10-12-19/h8-12,17-18,20-21H,13-16H2,1-7H3,(H,25,27)/t20-,21+/m1/s1. The number of hydrogen-bond donors (Lipinski definition) is 1. The van der Waals surface area contributed by atoms with E-state index in [-0.39, 0.29) is 23.7 Å². The van der Waals surface area contributed by atoms with Gasteiger partial charge in [0.1, 0.15) is 6.61 Å². The number of rotatable bonds is 10. The first-order valence-electron chi connectivity index (χ1n) is 10.5. The number of carbonyl (C=O) groups excluding carboxylic acids is 2. The minimum atomic E-state index is -0.529. The Morgan fingerprint density at radius 3 is 2.04 bits per heavy atom. The molecule has 0 saturated carbocycles. The zero-order valence-electron chi connectivity index (χ0n) is 18.7. The monoisotopic (exact) mass is 389 g/mol. The fourth-order valence-electron chi connectivity index (χ4n) is 3.35. The number of ketones is 1. The Labute approximate surface area is 171 Å². The van der Waals surface area contributed by atoms with E-state index in [1.54, 1.807) is 0 Å². The van der Waals surface area contributed by atoms with Crippen molar-refractivity contribution in [1.82, 2.24) is 5.32 Å². The minimum absolute atomic E-state index is 0.0517. The topological polar surface area (TPSA) is 55.4 Å². The molecule has 1 aromatic carbocycles. The largest absolute Gasteiger partial charge is 0.445 e. The molecular formula is C24H39NO3. The van der Waals surface area contributed by atoms with Crippen molar-refractivity contribution in [2.45, 2.75) is 80.4 Å². The summed E-state index contributed by atoms with van der Waals surface area (Å²) in [5, 5.41) is 2.82. The molecule has 0 heterocycles. The molecule has 1 amide bonds. The van der Waals surface area contributed by atoms with Gasteiger partial charge in [-0.25, -0.2) is 4.79 Å². The number of amides is 1. The van der Waals surface area contributed by atoms with E-state index in [2.05, 4.69) is 53.8 Å². The molecule has 28 heavy (non-hydrogen) atoms. The molecule has 1 rings (SSSR count). The van der Waals surface area contributed by atoms with Crippen LogP contribution in [0.25, 0.3) is 0 Å². The minimum Gasteiger partial charge on any atom is -0.445 e. The molecule has 0 fully saturated rings. The molecule has 2 atom stereocenters. The Morgan fingerprint density at radius 1 is 0.964 bits per heavy atom. The van der Waals surface area contributed by atoms with Gasteiger partial charge in [0.2, 0.25) is 0 Å². The number of nitrogens with one attached hydrogen (secondary N) is 1. The molecule has 0 aliphatic carbocycles. The third kappa shape index (κ3) is 9.38. The summed E-state index contributed by atoms with van der Waals surface area (Å²) in [4.78, 5) is 25.3. The summed E-state index contributed by atoms with van der Waals surface area (Å²) in [5.74, 6) is 1.23. The Bertz CT molecular complexity index is 602. The summed E-state index contributed by atoms with van der Waals surface area (Å²) >= 11 is 0. The van der Waals surface area contributed by atoms with Crippen molar-refractivity contribution in [3.05, 3.63) is 35.9 Å². The lowest BCUT2D eigenvalue weighted by atomic mass is 9.73. The molecule has 0 saturated heterocycles. The molecule has 0 spiro atoms. The van der Waals surface area contributed by atoms with E-state index in [0.29, 0.717) is 24.7 Å². The molecule has 158 valence electrons. The van der Waals surface area contributed by atoms with Gasteiger partial charge in [0.15, 0.2) is 5.78 Å². The lowest BCUT2D eigenvalue weighted by molar-refractivity contribution is -0.123. The van der Waals surface area contributed by atoms with Crippen molar-refractivity contribution < 1.29 is 14.3 Å².